The molecule has 5 nitrogen and oxygen atoms in total. The van der Waals surface area contributed by atoms with Gasteiger partial charge in [0.1, 0.15) is 5.00 Å². The molecule has 1 aliphatic carbocycles. The minimum absolute atomic E-state index is 0.235. The summed E-state index contributed by atoms with van der Waals surface area (Å²) in [6.07, 6.45) is 2.52. The van der Waals surface area contributed by atoms with Crippen molar-refractivity contribution in [2.45, 2.75) is 46.1 Å². The number of nitrogens with zero attached hydrogens (tertiary/aromatic N) is 1. The zero-order valence-electron chi connectivity index (χ0n) is 20.1. The maximum atomic E-state index is 13.7. The van der Waals surface area contributed by atoms with Crippen LogP contribution in [0.25, 0.3) is 22.2 Å². The number of ether oxygens (including phenoxy) is 1. The summed E-state index contributed by atoms with van der Waals surface area (Å²) in [5.41, 5.74) is 4.48. The number of nitrogens with one attached hydrogen (secondary N) is 1. The number of carbonyl (C=O) groups is 2. The number of benzene rings is 2. The number of fused-ring (bicyclic) bond motifs is 2. The summed E-state index contributed by atoms with van der Waals surface area (Å²) < 4.78 is 5.57. The molecular formula is C29H28N2O3S. The van der Waals surface area contributed by atoms with Crippen molar-refractivity contribution in [2.75, 3.05) is 5.32 Å². The first-order valence-corrected chi connectivity index (χ1v) is 12.8. The fourth-order valence-corrected chi connectivity index (χ4v) is 6.01. The number of para-hydroxylation sites is 1. The highest BCUT2D eigenvalue weighted by Gasteiger charge is 2.30. The van der Waals surface area contributed by atoms with E-state index in [0.29, 0.717) is 22.0 Å². The Morgan fingerprint density at radius 1 is 1.09 bits per heavy atom. The van der Waals surface area contributed by atoms with Crippen LogP contribution in [0.15, 0.2) is 60.7 Å². The van der Waals surface area contributed by atoms with Gasteiger partial charge in [-0.25, -0.2) is 9.78 Å². The molecule has 0 fully saturated rings. The standard InChI is InChI=1S/C29H28N2O3S/c1-17(2)34-29(33)26-21-14-13-18(3)15-25(21)35-28(26)31-27(32)22-16-24(19-9-5-4-6-10-19)30-23-12-8-7-11-20(22)23/h4-12,16-18H,13-15H2,1-3H3,(H,31,32). The van der Waals surface area contributed by atoms with Crippen LogP contribution in [-0.2, 0) is 17.6 Å². The lowest BCUT2D eigenvalue weighted by Crippen LogP contribution is -2.19. The fraction of sp³-hybridized carbons (Fsp3) is 0.276. The molecule has 35 heavy (non-hydrogen) atoms. The van der Waals surface area contributed by atoms with Crippen molar-refractivity contribution in [1.29, 1.82) is 0 Å². The Balaban J connectivity index is 1.57. The van der Waals surface area contributed by atoms with Crippen molar-refractivity contribution in [3.05, 3.63) is 82.2 Å². The van der Waals surface area contributed by atoms with E-state index in [1.54, 1.807) is 0 Å². The SMILES string of the molecule is CC1CCc2c(sc(NC(=O)c3cc(-c4ccccc4)nc4ccccc34)c2C(=O)OC(C)C)C1. The minimum atomic E-state index is -0.369. The number of amides is 1. The second-order valence-corrected chi connectivity index (χ2v) is 10.5. The maximum absolute atomic E-state index is 13.7. The lowest BCUT2D eigenvalue weighted by molar-refractivity contribution is 0.0378. The van der Waals surface area contributed by atoms with Gasteiger partial charge in [-0.2, -0.15) is 0 Å². The van der Waals surface area contributed by atoms with Crippen molar-refractivity contribution < 1.29 is 14.3 Å². The van der Waals surface area contributed by atoms with Crippen molar-refractivity contribution in [1.82, 2.24) is 4.98 Å². The van der Waals surface area contributed by atoms with Gasteiger partial charge in [-0.1, -0.05) is 55.5 Å². The molecule has 6 heteroatoms. The summed E-state index contributed by atoms with van der Waals surface area (Å²) in [5.74, 6) is -0.0748. The number of anilines is 1. The number of rotatable bonds is 5. The molecule has 1 unspecified atom stereocenters. The molecule has 0 radical (unpaired) electrons. The average molecular weight is 485 g/mol. The Bertz CT molecular complexity index is 1410. The highest BCUT2D eigenvalue weighted by Crippen LogP contribution is 2.40. The smallest absolute Gasteiger partial charge is 0.341 e. The van der Waals surface area contributed by atoms with Crippen molar-refractivity contribution in [2.24, 2.45) is 5.92 Å². The largest absolute Gasteiger partial charge is 0.459 e. The van der Waals surface area contributed by atoms with Gasteiger partial charge >= 0.3 is 5.97 Å². The van der Waals surface area contributed by atoms with Crippen LogP contribution in [0.5, 0.6) is 0 Å². The molecule has 0 bridgehead atoms. The number of carbonyl (C=O) groups excluding carboxylic acids is 2. The molecule has 1 atom stereocenters. The van der Waals surface area contributed by atoms with Crippen LogP contribution in [-0.4, -0.2) is 23.0 Å². The second-order valence-electron chi connectivity index (χ2n) is 9.40. The fourth-order valence-electron chi connectivity index (χ4n) is 4.62. The van der Waals surface area contributed by atoms with Gasteiger partial charge in [0.25, 0.3) is 5.91 Å². The number of thiophene rings is 1. The van der Waals surface area contributed by atoms with E-state index in [9.17, 15) is 9.59 Å². The molecule has 0 saturated carbocycles. The second kappa shape index (κ2) is 9.62. The van der Waals surface area contributed by atoms with Gasteiger partial charge in [-0.05, 0) is 56.7 Å². The van der Waals surface area contributed by atoms with E-state index in [2.05, 4.69) is 12.2 Å². The molecule has 1 aliphatic rings. The minimum Gasteiger partial charge on any atom is -0.459 e. The monoisotopic (exact) mass is 484 g/mol. The van der Waals surface area contributed by atoms with E-state index in [1.807, 2.05) is 74.5 Å². The van der Waals surface area contributed by atoms with Gasteiger partial charge in [0, 0.05) is 15.8 Å². The van der Waals surface area contributed by atoms with Crippen LogP contribution in [0.4, 0.5) is 5.00 Å². The van der Waals surface area contributed by atoms with Gasteiger partial charge in [0.05, 0.1) is 28.4 Å². The zero-order chi connectivity index (χ0) is 24.5. The van der Waals surface area contributed by atoms with Crippen LogP contribution in [0, 0.1) is 5.92 Å². The first kappa shape index (κ1) is 23.2. The van der Waals surface area contributed by atoms with E-state index in [-0.39, 0.29) is 18.0 Å². The molecule has 2 aromatic carbocycles. The molecule has 4 aromatic rings. The predicted molar refractivity (Wildman–Crippen MR) is 141 cm³/mol. The van der Waals surface area contributed by atoms with Crippen LogP contribution in [0.3, 0.4) is 0 Å². The molecule has 5 rings (SSSR count). The average Bonchev–Trinajstić information content (AvgIpc) is 3.20. The molecule has 2 aromatic heterocycles. The highest BCUT2D eigenvalue weighted by atomic mass is 32.1. The van der Waals surface area contributed by atoms with E-state index < -0.39 is 0 Å². The quantitative estimate of drug-likeness (QED) is 0.313. The number of hydrogen-bond donors (Lipinski definition) is 1. The summed E-state index contributed by atoms with van der Waals surface area (Å²) in [6, 6.07) is 19.3. The first-order chi connectivity index (χ1) is 16.9. The van der Waals surface area contributed by atoms with Crippen molar-refractivity contribution >= 4 is 39.1 Å². The molecule has 0 saturated heterocycles. The van der Waals surface area contributed by atoms with Crippen molar-refractivity contribution in [3.63, 3.8) is 0 Å². The maximum Gasteiger partial charge on any atom is 0.341 e. The molecule has 1 N–H and O–H groups in total. The first-order valence-electron chi connectivity index (χ1n) is 12.0. The van der Waals surface area contributed by atoms with Crippen molar-refractivity contribution in [3.8, 4) is 11.3 Å². The molecule has 0 spiro atoms. The van der Waals surface area contributed by atoms with E-state index in [0.717, 1.165) is 47.0 Å². The normalized spacial score (nSPS) is 15.1. The summed E-state index contributed by atoms with van der Waals surface area (Å²) in [7, 11) is 0. The Labute approximate surface area is 209 Å². The lowest BCUT2D eigenvalue weighted by atomic mass is 9.88. The third kappa shape index (κ3) is 4.71. The Hall–Kier alpha value is -3.51. The number of pyridine rings is 1. The van der Waals surface area contributed by atoms with E-state index in [1.165, 1.54) is 16.2 Å². The van der Waals surface area contributed by atoms with Crippen LogP contribution in [0.2, 0.25) is 0 Å². The topological polar surface area (TPSA) is 68.3 Å². The number of esters is 1. The summed E-state index contributed by atoms with van der Waals surface area (Å²) in [4.78, 5) is 32.7. The van der Waals surface area contributed by atoms with Crippen LogP contribution >= 0.6 is 11.3 Å². The number of hydrogen-bond acceptors (Lipinski definition) is 5. The van der Waals surface area contributed by atoms with E-state index >= 15 is 0 Å². The van der Waals surface area contributed by atoms with Gasteiger partial charge < -0.3 is 10.1 Å². The van der Waals surface area contributed by atoms with Crippen LogP contribution < -0.4 is 5.32 Å². The van der Waals surface area contributed by atoms with Gasteiger partial charge in [0.2, 0.25) is 0 Å². The summed E-state index contributed by atoms with van der Waals surface area (Å²) in [6.45, 7) is 5.90. The summed E-state index contributed by atoms with van der Waals surface area (Å²) in [5, 5.41) is 4.42. The lowest BCUT2D eigenvalue weighted by Gasteiger charge is -2.19. The Morgan fingerprint density at radius 3 is 2.60 bits per heavy atom. The summed E-state index contributed by atoms with van der Waals surface area (Å²) >= 11 is 1.50. The zero-order valence-corrected chi connectivity index (χ0v) is 20.9. The molecule has 1 amide bonds. The van der Waals surface area contributed by atoms with Crippen LogP contribution in [0.1, 0.15) is 58.3 Å². The van der Waals surface area contributed by atoms with Gasteiger partial charge in [-0.15, -0.1) is 11.3 Å². The third-order valence-corrected chi connectivity index (χ3v) is 7.49. The number of aromatic nitrogens is 1. The third-order valence-electron chi connectivity index (χ3n) is 6.32. The predicted octanol–water partition coefficient (Wildman–Crippen LogP) is 6.91. The van der Waals surface area contributed by atoms with Gasteiger partial charge in [0.15, 0.2) is 0 Å². The van der Waals surface area contributed by atoms with Gasteiger partial charge in [-0.3, -0.25) is 4.79 Å². The Kier molecular flexibility index (Phi) is 6.39. The Morgan fingerprint density at radius 2 is 1.83 bits per heavy atom. The molecule has 178 valence electrons. The molecule has 0 aliphatic heterocycles. The van der Waals surface area contributed by atoms with E-state index in [4.69, 9.17) is 9.72 Å². The highest BCUT2D eigenvalue weighted by molar-refractivity contribution is 7.17. The molecular weight excluding hydrogens is 456 g/mol. The molecule has 2 heterocycles.